The number of aliphatic hydroxyl groups excluding tert-OH is 1. The summed E-state index contributed by atoms with van der Waals surface area (Å²) in [5.74, 6) is -0.203. The summed E-state index contributed by atoms with van der Waals surface area (Å²) in [6.07, 6.45) is 47.1. The van der Waals surface area contributed by atoms with Gasteiger partial charge in [-0.05, 0) is 70.6 Å². The maximum absolute atomic E-state index is 12.8. The molecule has 0 bridgehead atoms. The van der Waals surface area contributed by atoms with Gasteiger partial charge in [-0.25, -0.2) is 4.57 Å². The molecular formula is C45H84N2O6P+. The van der Waals surface area contributed by atoms with Crippen LogP contribution in [0.1, 0.15) is 168 Å². The molecule has 0 aliphatic rings. The van der Waals surface area contributed by atoms with E-state index in [0.29, 0.717) is 17.4 Å². The van der Waals surface area contributed by atoms with Crippen LogP contribution in [0.3, 0.4) is 0 Å². The van der Waals surface area contributed by atoms with Gasteiger partial charge in [-0.2, -0.15) is 0 Å². The standard InChI is InChI=1S/C45H83N2O6P/c1-6-8-10-12-14-16-18-20-21-22-23-24-25-27-29-31-33-35-37-39-45(49)46-43(42-53-54(50,51)52-41-40-47(3,4)5)44(48)38-36-34-32-30-28-26-19-17-15-13-11-9-7-2/h14,16,20-21,23-24,28,30,36,38,43-44,48H,6-13,15,17-19,22,25-27,29,31-35,37,39-42H2,1-5H3,(H-,46,49,50,51)/p+1/b16-14-,21-20-,24-23-,30-28+,38-36+. The van der Waals surface area contributed by atoms with Crippen LogP contribution < -0.4 is 5.32 Å². The van der Waals surface area contributed by atoms with Crippen molar-refractivity contribution in [1.29, 1.82) is 0 Å². The van der Waals surface area contributed by atoms with Crippen molar-refractivity contribution in [2.75, 3.05) is 40.9 Å². The number of phosphoric ester groups is 1. The largest absolute Gasteiger partial charge is 0.472 e. The highest BCUT2D eigenvalue weighted by Gasteiger charge is 2.27. The first-order chi connectivity index (χ1) is 26.0. The van der Waals surface area contributed by atoms with Crippen LogP contribution in [0.2, 0.25) is 0 Å². The van der Waals surface area contributed by atoms with Gasteiger partial charge >= 0.3 is 7.82 Å². The van der Waals surface area contributed by atoms with E-state index < -0.39 is 20.0 Å². The van der Waals surface area contributed by atoms with Crippen molar-refractivity contribution in [3.8, 4) is 0 Å². The van der Waals surface area contributed by atoms with Gasteiger partial charge in [0.05, 0.1) is 39.9 Å². The highest BCUT2D eigenvalue weighted by Crippen LogP contribution is 2.43. The summed E-state index contributed by atoms with van der Waals surface area (Å²) >= 11 is 0. The first kappa shape index (κ1) is 52.2. The van der Waals surface area contributed by atoms with Crippen LogP contribution in [0.25, 0.3) is 0 Å². The zero-order chi connectivity index (χ0) is 40.0. The van der Waals surface area contributed by atoms with E-state index in [-0.39, 0.29) is 19.1 Å². The van der Waals surface area contributed by atoms with Gasteiger partial charge in [-0.15, -0.1) is 0 Å². The molecule has 54 heavy (non-hydrogen) atoms. The molecule has 0 aromatic heterocycles. The van der Waals surface area contributed by atoms with Crippen molar-refractivity contribution in [3.05, 3.63) is 60.8 Å². The third kappa shape index (κ3) is 38.5. The SMILES string of the molecule is CCCCC/C=C\C/C=C\C/C=C\CCCCCCCCC(=O)NC(COP(=O)(O)OCC[N+](C)(C)C)C(O)/C=C/CC/C=C/CCCCCCCCC. The van der Waals surface area contributed by atoms with Crippen LogP contribution in [-0.4, -0.2) is 73.4 Å². The molecule has 3 atom stereocenters. The summed E-state index contributed by atoms with van der Waals surface area (Å²) in [6.45, 7) is 4.72. The number of likely N-dealkylation sites (N-methyl/N-ethyl adjacent to an activating group) is 1. The average molecular weight is 780 g/mol. The summed E-state index contributed by atoms with van der Waals surface area (Å²) in [5, 5.41) is 13.8. The highest BCUT2D eigenvalue weighted by atomic mass is 31.2. The van der Waals surface area contributed by atoms with Gasteiger partial charge in [-0.3, -0.25) is 13.8 Å². The summed E-state index contributed by atoms with van der Waals surface area (Å²) in [7, 11) is 1.53. The van der Waals surface area contributed by atoms with E-state index in [1.807, 2.05) is 27.2 Å². The van der Waals surface area contributed by atoms with Gasteiger partial charge in [0, 0.05) is 6.42 Å². The van der Waals surface area contributed by atoms with E-state index in [1.165, 1.54) is 83.5 Å². The Morgan fingerprint density at radius 1 is 0.630 bits per heavy atom. The lowest BCUT2D eigenvalue weighted by Gasteiger charge is -2.25. The number of aliphatic hydroxyl groups is 1. The Labute approximate surface area is 332 Å². The third-order valence-corrected chi connectivity index (χ3v) is 10.2. The Morgan fingerprint density at radius 2 is 1.07 bits per heavy atom. The lowest BCUT2D eigenvalue weighted by atomic mass is 10.1. The molecule has 0 fully saturated rings. The van der Waals surface area contributed by atoms with E-state index >= 15 is 0 Å². The molecule has 0 saturated heterocycles. The molecule has 9 heteroatoms. The molecule has 0 aromatic rings. The number of allylic oxidation sites excluding steroid dienone is 9. The van der Waals surface area contributed by atoms with E-state index in [2.05, 4.69) is 67.8 Å². The molecular weight excluding hydrogens is 695 g/mol. The fraction of sp³-hybridized carbons (Fsp3) is 0.756. The second kappa shape index (κ2) is 36.8. The minimum Gasteiger partial charge on any atom is -0.387 e. The Morgan fingerprint density at radius 3 is 1.65 bits per heavy atom. The van der Waals surface area contributed by atoms with Crippen LogP contribution in [0.15, 0.2) is 60.8 Å². The van der Waals surface area contributed by atoms with E-state index in [9.17, 15) is 19.4 Å². The number of hydrogen-bond acceptors (Lipinski definition) is 5. The van der Waals surface area contributed by atoms with Crippen molar-refractivity contribution in [2.24, 2.45) is 0 Å². The van der Waals surface area contributed by atoms with E-state index in [1.54, 1.807) is 6.08 Å². The molecule has 0 aromatic carbocycles. The van der Waals surface area contributed by atoms with Crippen molar-refractivity contribution < 1.29 is 32.9 Å². The Balaban J connectivity index is 4.50. The zero-order valence-corrected chi connectivity index (χ0v) is 36.3. The molecule has 314 valence electrons. The van der Waals surface area contributed by atoms with Crippen LogP contribution in [0, 0.1) is 0 Å². The minimum absolute atomic E-state index is 0.0507. The smallest absolute Gasteiger partial charge is 0.387 e. The maximum atomic E-state index is 12.8. The number of amides is 1. The van der Waals surface area contributed by atoms with Crippen LogP contribution in [-0.2, 0) is 18.4 Å². The minimum atomic E-state index is -4.35. The van der Waals surface area contributed by atoms with Gasteiger partial charge in [0.15, 0.2) is 0 Å². The topological polar surface area (TPSA) is 105 Å². The number of quaternary nitrogens is 1. The van der Waals surface area contributed by atoms with Gasteiger partial charge in [-0.1, -0.05) is 152 Å². The van der Waals surface area contributed by atoms with Gasteiger partial charge in [0.2, 0.25) is 5.91 Å². The Bertz CT molecular complexity index is 1060. The normalized spacial score (nSPS) is 15.0. The third-order valence-electron chi connectivity index (χ3n) is 9.21. The van der Waals surface area contributed by atoms with Crippen LogP contribution in [0.4, 0.5) is 0 Å². The van der Waals surface area contributed by atoms with Gasteiger partial charge in [0.25, 0.3) is 0 Å². The van der Waals surface area contributed by atoms with Crippen molar-refractivity contribution in [1.82, 2.24) is 5.32 Å². The number of rotatable bonds is 38. The van der Waals surface area contributed by atoms with Crippen LogP contribution >= 0.6 is 7.82 Å². The summed E-state index contributed by atoms with van der Waals surface area (Å²) < 4.78 is 23.5. The number of phosphoric acid groups is 1. The van der Waals surface area contributed by atoms with Crippen molar-refractivity contribution in [2.45, 2.75) is 180 Å². The van der Waals surface area contributed by atoms with E-state index in [0.717, 1.165) is 64.2 Å². The number of carbonyl (C=O) groups is 1. The molecule has 0 heterocycles. The molecule has 0 rings (SSSR count). The number of hydrogen-bond donors (Lipinski definition) is 3. The molecule has 0 aliphatic carbocycles. The summed E-state index contributed by atoms with van der Waals surface area (Å²) in [5.41, 5.74) is 0. The second-order valence-electron chi connectivity index (χ2n) is 15.7. The molecule has 3 unspecified atom stereocenters. The highest BCUT2D eigenvalue weighted by molar-refractivity contribution is 7.47. The van der Waals surface area contributed by atoms with Crippen molar-refractivity contribution >= 4 is 13.7 Å². The summed E-state index contributed by atoms with van der Waals surface area (Å²) in [4.78, 5) is 23.1. The molecule has 0 saturated carbocycles. The monoisotopic (exact) mass is 780 g/mol. The zero-order valence-electron chi connectivity index (χ0n) is 35.4. The fourth-order valence-electron chi connectivity index (χ4n) is 5.71. The number of nitrogens with one attached hydrogen (secondary N) is 1. The number of unbranched alkanes of at least 4 members (excludes halogenated alkanes) is 17. The summed E-state index contributed by atoms with van der Waals surface area (Å²) in [6, 6.07) is -0.871. The fourth-order valence-corrected chi connectivity index (χ4v) is 6.44. The lowest BCUT2D eigenvalue weighted by Crippen LogP contribution is -2.45. The molecule has 0 radical (unpaired) electrons. The number of nitrogens with zero attached hydrogens (tertiary/aromatic N) is 1. The predicted octanol–water partition coefficient (Wildman–Crippen LogP) is 11.9. The molecule has 0 spiro atoms. The second-order valence-corrected chi connectivity index (χ2v) is 17.2. The molecule has 1 amide bonds. The van der Waals surface area contributed by atoms with Crippen molar-refractivity contribution in [3.63, 3.8) is 0 Å². The lowest BCUT2D eigenvalue weighted by molar-refractivity contribution is -0.870. The Hall–Kier alpha value is -1.80. The molecule has 0 aliphatic heterocycles. The first-order valence-corrected chi connectivity index (χ1v) is 23.2. The first-order valence-electron chi connectivity index (χ1n) is 21.7. The van der Waals surface area contributed by atoms with Gasteiger partial charge in [0.1, 0.15) is 13.2 Å². The maximum Gasteiger partial charge on any atom is 0.472 e. The average Bonchev–Trinajstić information content (AvgIpc) is 3.12. The molecule has 3 N–H and O–H groups in total. The Kier molecular flexibility index (Phi) is 35.6. The van der Waals surface area contributed by atoms with Gasteiger partial charge < -0.3 is 19.8 Å². The predicted molar refractivity (Wildman–Crippen MR) is 230 cm³/mol. The van der Waals surface area contributed by atoms with Crippen LogP contribution in [0.5, 0.6) is 0 Å². The molecule has 8 nitrogen and oxygen atoms in total. The number of carbonyl (C=O) groups excluding carboxylic acids is 1. The van der Waals surface area contributed by atoms with E-state index in [4.69, 9.17) is 9.05 Å². The quantitative estimate of drug-likeness (QED) is 0.0249.